The molecule has 1 aromatic carbocycles. The second kappa shape index (κ2) is 7.61. The largest absolute Gasteiger partial charge is 0.375 e. The van der Waals surface area contributed by atoms with Crippen LogP contribution in [0, 0.1) is 0 Å². The molecule has 3 heterocycles. The molecule has 1 spiro atoms. The predicted molar refractivity (Wildman–Crippen MR) is 112 cm³/mol. The topological polar surface area (TPSA) is 75.6 Å². The Morgan fingerprint density at radius 3 is 2.60 bits per heavy atom. The summed E-state index contributed by atoms with van der Waals surface area (Å²) in [5.41, 5.74) is 1.77. The van der Waals surface area contributed by atoms with E-state index in [1.807, 2.05) is 23.1 Å². The van der Waals surface area contributed by atoms with E-state index in [0.717, 1.165) is 44.0 Å². The zero-order chi connectivity index (χ0) is 20.7. The summed E-state index contributed by atoms with van der Waals surface area (Å²) in [6.45, 7) is 3.69. The fraction of sp³-hybridized carbons (Fsp3) is 0.565. The molecule has 2 saturated heterocycles. The number of hydrogen-bond donors (Lipinski definition) is 0. The van der Waals surface area contributed by atoms with Gasteiger partial charge in [-0.1, -0.05) is 6.07 Å². The molecule has 1 atom stereocenters. The summed E-state index contributed by atoms with van der Waals surface area (Å²) in [6.07, 6.45) is 8.93. The average Bonchev–Trinajstić information content (AvgIpc) is 3.58. The van der Waals surface area contributed by atoms with Crippen molar-refractivity contribution in [1.82, 2.24) is 19.8 Å². The molecule has 0 N–H and O–H groups in total. The molecule has 1 unspecified atom stereocenters. The fourth-order valence-corrected chi connectivity index (χ4v) is 5.21. The van der Waals surface area contributed by atoms with Crippen molar-refractivity contribution in [2.45, 2.75) is 63.1 Å². The number of para-hydroxylation sites is 1. The second-order valence-corrected chi connectivity index (χ2v) is 8.86. The first kappa shape index (κ1) is 19.4. The highest BCUT2D eigenvalue weighted by atomic mass is 16.5. The van der Waals surface area contributed by atoms with Crippen molar-refractivity contribution in [3.8, 4) is 0 Å². The van der Waals surface area contributed by atoms with Crippen LogP contribution in [0.15, 0.2) is 30.6 Å². The zero-order valence-electron chi connectivity index (χ0n) is 17.4. The van der Waals surface area contributed by atoms with Gasteiger partial charge >= 0.3 is 0 Å². The molecule has 2 aromatic rings. The van der Waals surface area contributed by atoms with Crippen LogP contribution in [0.4, 0.5) is 0 Å². The Labute approximate surface area is 176 Å². The van der Waals surface area contributed by atoms with Gasteiger partial charge in [-0.3, -0.25) is 19.6 Å². The molecule has 1 saturated carbocycles. The number of ether oxygens (including phenoxy) is 1. The number of hydrogen-bond acceptors (Lipinski definition) is 5. The standard InChI is InChI=1S/C23H28N4O3/c1-16(28)27(17-5-6-17)18-7-14-30-23(15-18)8-12-26(13-9-23)22(29)19-3-2-4-20-21(19)25-11-10-24-20/h2-4,10-11,17-18H,5-9,12-15H2,1H3. The van der Waals surface area contributed by atoms with E-state index in [0.29, 0.717) is 36.8 Å². The maximum Gasteiger partial charge on any atom is 0.256 e. The average molecular weight is 409 g/mol. The molecule has 2 aliphatic heterocycles. The zero-order valence-corrected chi connectivity index (χ0v) is 17.4. The van der Waals surface area contributed by atoms with Gasteiger partial charge in [0.2, 0.25) is 5.91 Å². The summed E-state index contributed by atoms with van der Waals surface area (Å²) in [7, 11) is 0. The number of amides is 2. The molecular weight excluding hydrogens is 380 g/mol. The van der Waals surface area contributed by atoms with Crippen molar-refractivity contribution in [1.29, 1.82) is 0 Å². The summed E-state index contributed by atoms with van der Waals surface area (Å²) in [5, 5.41) is 0. The van der Waals surface area contributed by atoms with Gasteiger partial charge in [-0.15, -0.1) is 0 Å². The third kappa shape index (κ3) is 3.55. The number of rotatable bonds is 3. The number of carbonyl (C=O) groups excluding carboxylic acids is 2. The first-order chi connectivity index (χ1) is 14.6. The summed E-state index contributed by atoms with van der Waals surface area (Å²) < 4.78 is 6.27. The Morgan fingerprint density at radius 2 is 1.87 bits per heavy atom. The molecule has 0 bridgehead atoms. The number of piperidine rings is 1. The first-order valence-corrected chi connectivity index (χ1v) is 11.0. The van der Waals surface area contributed by atoms with Crippen LogP contribution >= 0.6 is 0 Å². The van der Waals surface area contributed by atoms with Crippen LogP contribution in [0.3, 0.4) is 0 Å². The van der Waals surface area contributed by atoms with Gasteiger partial charge in [0, 0.05) is 51.1 Å². The van der Waals surface area contributed by atoms with Crippen molar-refractivity contribution in [3.05, 3.63) is 36.2 Å². The predicted octanol–water partition coefficient (Wildman–Crippen LogP) is 2.79. The second-order valence-electron chi connectivity index (χ2n) is 8.86. The van der Waals surface area contributed by atoms with Gasteiger partial charge in [-0.25, -0.2) is 0 Å². The minimum atomic E-state index is -0.221. The number of aromatic nitrogens is 2. The van der Waals surface area contributed by atoms with E-state index < -0.39 is 0 Å². The molecule has 5 rings (SSSR count). The quantitative estimate of drug-likeness (QED) is 0.781. The van der Waals surface area contributed by atoms with Crippen LogP contribution in [0.25, 0.3) is 11.0 Å². The van der Waals surface area contributed by atoms with E-state index in [1.54, 1.807) is 19.3 Å². The highest BCUT2D eigenvalue weighted by Crippen LogP contribution is 2.40. The van der Waals surface area contributed by atoms with Crippen LogP contribution in [-0.2, 0) is 9.53 Å². The number of fused-ring (bicyclic) bond motifs is 1. The third-order valence-corrected chi connectivity index (χ3v) is 6.86. The molecule has 30 heavy (non-hydrogen) atoms. The Bertz CT molecular complexity index is 961. The maximum atomic E-state index is 13.2. The summed E-state index contributed by atoms with van der Waals surface area (Å²) >= 11 is 0. The van der Waals surface area contributed by atoms with E-state index in [9.17, 15) is 9.59 Å². The minimum absolute atomic E-state index is 0.00616. The van der Waals surface area contributed by atoms with E-state index >= 15 is 0 Å². The molecule has 3 aliphatic rings. The molecule has 0 radical (unpaired) electrons. The van der Waals surface area contributed by atoms with Crippen molar-refractivity contribution < 1.29 is 14.3 Å². The smallest absolute Gasteiger partial charge is 0.256 e. The van der Waals surface area contributed by atoms with Crippen LogP contribution in [0.2, 0.25) is 0 Å². The van der Waals surface area contributed by atoms with Gasteiger partial charge < -0.3 is 14.5 Å². The first-order valence-electron chi connectivity index (χ1n) is 11.0. The molecular formula is C23H28N4O3. The summed E-state index contributed by atoms with van der Waals surface area (Å²) in [4.78, 5) is 38.1. The highest BCUT2D eigenvalue weighted by Gasteiger charge is 2.45. The monoisotopic (exact) mass is 408 g/mol. The molecule has 7 heteroatoms. The normalized spacial score (nSPS) is 23.5. The Hall–Kier alpha value is -2.54. The molecule has 1 aromatic heterocycles. The van der Waals surface area contributed by atoms with Gasteiger partial charge in [0.1, 0.15) is 5.52 Å². The minimum Gasteiger partial charge on any atom is -0.375 e. The number of benzene rings is 1. The lowest BCUT2D eigenvalue weighted by Crippen LogP contribution is -2.55. The number of nitrogens with zero attached hydrogens (tertiary/aromatic N) is 4. The van der Waals surface area contributed by atoms with Crippen LogP contribution in [-0.4, -0.2) is 69.0 Å². The number of carbonyl (C=O) groups is 2. The summed E-state index contributed by atoms with van der Waals surface area (Å²) in [5.74, 6) is 0.191. The van der Waals surface area contributed by atoms with E-state index in [1.165, 1.54) is 0 Å². The lowest BCUT2D eigenvalue weighted by molar-refractivity contribution is -0.148. The fourth-order valence-electron chi connectivity index (χ4n) is 5.21. The van der Waals surface area contributed by atoms with Crippen molar-refractivity contribution in [2.75, 3.05) is 19.7 Å². The Kier molecular flexibility index (Phi) is 4.93. The van der Waals surface area contributed by atoms with Crippen molar-refractivity contribution in [2.24, 2.45) is 0 Å². The van der Waals surface area contributed by atoms with Gasteiger partial charge in [-0.2, -0.15) is 0 Å². The maximum absolute atomic E-state index is 13.2. The molecule has 3 fully saturated rings. The van der Waals surface area contributed by atoms with E-state index in [2.05, 4.69) is 14.9 Å². The van der Waals surface area contributed by atoms with Gasteiger partial charge in [-0.05, 0) is 50.7 Å². The van der Waals surface area contributed by atoms with Gasteiger partial charge in [0.25, 0.3) is 5.91 Å². The summed E-state index contributed by atoms with van der Waals surface area (Å²) in [6, 6.07) is 6.26. The molecule has 7 nitrogen and oxygen atoms in total. The molecule has 1 aliphatic carbocycles. The van der Waals surface area contributed by atoms with Crippen LogP contribution in [0.1, 0.15) is 55.8 Å². The van der Waals surface area contributed by atoms with Crippen LogP contribution in [0.5, 0.6) is 0 Å². The highest BCUT2D eigenvalue weighted by molar-refractivity contribution is 6.04. The molecule has 2 amide bonds. The lowest BCUT2D eigenvalue weighted by atomic mass is 9.81. The third-order valence-electron chi connectivity index (χ3n) is 6.86. The Balaban J connectivity index is 1.28. The Morgan fingerprint density at radius 1 is 1.10 bits per heavy atom. The van der Waals surface area contributed by atoms with Gasteiger partial charge in [0.15, 0.2) is 0 Å². The van der Waals surface area contributed by atoms with Crippen LogP contribution < -0.4 is 0 Å². The van der Waals surface area contributed by atoms with E-state index in [-0.39, 0.29) is 23.5 Å². The SMILES string of the molecule is CC(=O)N(C1CC1)C1CCOC2(CCN(C(=O)c3cccc4nccnc34)CC2)C1. The lowest BCUT2D eigenvalue weighted by Gasteiger charge is -2.48. The van der Waals surface area contributed by atoms with Crippen molar-refractivity contribution in [3.63, 3.8) is 0 Å². The number of likely N-dealkylation sites (tertiary alicyclic amines) is 1. The van der Waals surface area contributed by atoms with E-state index in [4.69, 9.17) is 4.74 Å². The van der Waals surface area contributed by atoms with Gasteiger partial charge in [0.05, 0.1) is 16.7 Å². The molecule has 158 valence electrons. The van der Waals surface area contributed by atoms with Crippen molar-refractivity contribution >= 4 is 22.8 Å².